The third-order valence-corrected chi connectivity index (χ3v) is 3.30. The van der Waals surface area contributed by atoms with Gasteiger partial charge >= 0.3 is 0 Å². The molecule has 0 saturated heterocycles. The summed E-state index contributed by atoms with van der Waals surface area (Å²) in [5.74, 6) is 1.16. The fourth-order valence-corrected chi connectivity index (χ4v) is 2.25. The standard InChI is InChI=1S/C14H11BrN2O2/c1-18-13-7-9(16)3-4-10(13)14-17-11-6-8(15)2-5-12(11)19-14/h2-7H,16H2,1H3. The minimum absolute atomic E-state index is 0.518. The maximum absolute atomic E-state index is 5.74. The van der Waals surface area contributed by atoms with Crippen molar-refractivity contribution in [1.82, 2.24) is 4.98 Å². The van der Waals surface area contributed by atoms with Crippen molar-refractivity contribution in [3.63, 3.8) is 0 Å². The van der Waals surface area contributed by atoms with Crippen LogP contribution in [0.5, 0.6) is 5.75 Å². The number of fused-ring (bicyclic) bond motifs is 1. The normalized spacial score (nSPS) is 10.8. The predicted octanol–water partition coefficient (Wildman–Crippen LogP) is 3.85. The molecule has 96 valence electrons. The van der Waals surface area contributed by atoms with Crippen LogP contribution in [-0.4, -0.2) is 12.1 Å². The van der Waals surface area contributed by atoms with Crippen molar-refractivity contribution in [2.24, 2.45) is 0 Å². The highest BCUT2D eigenvalue weighted by atomic mass is 79.9. The zero-order valence-corrected chi connectivity index (χ0v) is 11.8. The topological polar surface area (TPSA) is 61.3 Å². The molecular formula is C14H11BrN2O2. The monoisotopic (exact) mass is 318 g/mol. The van der Waals surface area contributed by atoms with E-state index in [4.69, 9.17) is 14.9 Å². The fraction of sp³-hybridized carbons (Fsp3) is 0.0714. The summed E-state index contributed by atoms with van der Waals surface area (Å²) in [5.41, 5.74) is 8.69. The second-order valence-electron chi connectivity index (χ2n) is 4.09. The smallest absolute Gasteiger partial charge is 0.231 e. The molecule has 0 aliphatic heterocycles. The highest BCUT2D eigenvalue weighted by Gasteiger charge is 2.13. The average Bonchev–Trinajstić information content (AvgIpc) is 2.81. The lowest BCUT2D eigenvalue weighted by molar-refractivity contribution is 0.415. The number of hydrogen-bond donors (Lipinski definition) is 1. The molecule has 0 unspecified atom stereocenters. The van der Waals surface area contributed by atoms with E-state index in [0.717, 1.165) is 21.1 Å². The minimum Gasteiger partial charge on any atom is -0.496 e. The van der Waals surface area contributed by atoms with Crippen LogP contribution in [0.15, 0.2) is 45.3 Å². The summed E-state index contributed by atoms with van der Waals surface area (Å²) < 4.78 is 12.0. The zero-order valence-electron chi connectivity index (χ0n) is 10.2. The van der Waals surface area contributed by atoms with E-state index in [0.29, 0.717) is 17.3 Å². The number of anilines is 1. The van der Waals surface area contributed by atoms with Crippen LogP contribution in [0.2, 0.25) is 0 Å². The van der Waals surface area contributed by atoms with E-state index in [1.165, 1.54) is 0 Å². The average molecular weight is 319 g/mol. The number of hydrogen-bond acceptors (Lipinski definition) is 4. The van der Waals surface area contributed by atoms with Crippen LogP contribution in [0.3, 0.4) is 0 Å². The molecule has 0 spiro atoms. The maximum Gasteiger partial charge on any atom is 0.231 e. The molecule has 0 fully saturated rings. The van der Waals surface area contributed by atoms with Gasteiger partial charge in [-0.3, -0.25) is 0 Å². The van der Waals surface area contributed by atoms with Crippen LogP contribution < -0.4 is 10.5 Å². The van der Waals surface area contributed by atoms with Crippen molar-refractivity contribution < 1.29 is 9.15 Å². The van der Waals surface area contributed by atoms with Gasteiger partial charge in [0.25, 0.3) is 0 Å². The molecule has 0 aliphatic rings. The van der Waals surface area contributed by atoms with Crippen LogP contribution in [0.4, 0.5) is 5.69 Å². The van der Waals surface area contributed by atoms with Gasteiger partial charge in [0, 0.05) is 16.2 Å². The van der Waals surface area contributed by atoms with E-state index in [9.17, 15) is 0 Å². The van der Waals surface area contributed by atoms with Crippen LogP contribution in [-0.2, 0) is 0 Å². The molecule has 2 aromatic carbocycles. The number of rotatable bonds is 2. The Morgan fingerprint density at radius 2 is 2.05 bits per heavy atom. The number of benzene rings is 2. The number of methoxy groups -OCH3 is 1. The lowest BCUT2D eigenvalue weighted by Crippen LogP contribution is -1.91. The first-order valence-electron chi connectivity index (χ1n) is 5.67. The lowest BCUT2D eigenvalue weighted by Gasteiger charge is -2.05. The Bertz CT molecular complexity index is 752. The van der Waals surface area contributed by atoms with E-state index in [2.05, 4.69) is 20.9 Å². The van der Waals surface area contributed by atoms with Crippen molar-refractivity contribution in [2.45, 2.75) is 0 Å². The first-order valence-corrected chi connectivity index (χ1v) is 6.46. The Balaban J connectivity index is 2.18. The van der Waals surface area contributed by atoms with Gasteiger partial charge in [0.15, 0.2) is 5.58 Å². The molecule has 0 bridgehead atoms. The quantitative estimate of drug-likeness (QED) is 0.729. The van der Waals surface area contributed by atoms with E-state index < -0.39 is 0 Å². The molecule has 1 aromatic heterocycles. The van der Waals surface area contributed by atoms with E-state index >= 15 is 0 Å². The summed E-state index contributed by atoms with van der Waals surface area (Å²) in [6.45, 7) is 0. The Labute approximate surface area is 118 Å². The summed E-state index contributed by atoms with van der Waals surface area (Å²) in [6.07, 6.45) is 0. The number of aromatic nitrogens is 1. The first kappa shape index (κ1) is 12.0. The number of nitrogens with zero attached hydrogens (tertiary/aromatic N) is 1. The van der Waals surface area contributed by atoms with Crippen molar-refractivity contribution in [2.75, 3.05) is 12.8 Å². The highest BCUT2D eigenvalue weighted by Crippen LogP contribution is 2.33. The van der Waals surface area contributed by atoms with Crippen molar-refractivity contribution in [3.8, 4) is 17.2 Å². The SMILES string of the molecule is COc1cc(N)ccc1-c1nc2cc(Br)ccc2o1. The number of ether oxygens (including phenoxy) is 1. The van der Waals surface area contributed by atoms with Crippen LogP contribution in [0, 0.1) is 0 Å². The number of oxazole rings is 1. The Hall–Kier alpha value is -2.01. The molecule has 0 radical (unpaired) electrons. The molecular weight excluding hydrogens is 308 g/mol. The number of nitrogen functional groups attached to an aromatic ring is 1. The van der Waals surface area contributed by atoms with Gasteiger partial charge in [-0.2, -0.15) is 0 Å². The molecule has 0 aliphatic carbocycles. The fourth-order valence-electron chi connectivity index (χ4n) is 1.90. The summed E-state index contributed by atoms with van der Waals surface area (Å²) >= 11 is 3.41. The van der Waals surface area contributed by atoms with E-state index in [1.807, 2.05) is 24.3 Å². The lowest BCUT2D eigenvalue weighted by atomic mass is 10.2. The highest BCUT2D eigenvalue weighted by molar-refractivity contribution is 9.10. The number of nitrogens with two attached hydrogens (primary N) is 1. The molecule has 0 atom stereocenters. The number of halogens is 1. The van der Waals surface area contributed by atoms with Crippen molar-refractivity contribution >= 4 is 32.7 Å². The summed E-state index contributed by atoms with van der Waals surface area (Å²) in [4.78, 5) is 4.46. The zero-order chi connectivity index (χ0) is 13.4. The van der Waals surface area contributed by atoms with Crippen LogP contribution in [0.25, 0.3) is 22.6 Å². The predicted molar refractivity (Wildman–Crippen MR) is 78.1 cm³/mol. The minimum atomic E-state index is 0.518. The summed E-state index contributed by atoms with van der Waals surface area (Å²) in [5, 5.41) is 0. The molecule has 5 heteroatoms. The Kier molecular flexibility index (Phi) is 2.91. The molecule has 0 saturated carbocycles. The van der Waals surface area contributed by atoms with Crippen molar-refractivity contribution in [1.29, 1.82) is 0 Å². The Morgan fingerprint density at radius 3 is 2.84 bits per heavy atom. The third kappa shape index (κ3) is 2.17. The van der Waals surface area contributed by atoms with Crippen molar-refractivity contribution in [3.05, 3.63) is 40.9 Å². The molecule has 19 heavy (non-hydrogen) atoms. The molecule has 3 rings (SSSR count). The van der Waals surface area contributed by atoms with Gasteiger partial charge in [-0.25, -0.2) is 4.98 Å². The van der Waals surface area contributed by atoms with Crippen LogP contribution >= 0.6 is 15.9 Å². The van der Waals surface area contributed by atoms with Gasteiger partial charge in [-0.05, 0) is 30.3 Å². The van der Waals surface area contributed by atoms with Gasteiger partial charge in [-0.15, -0.1) is 0 Å². The molecule has 0 amide bonds. The molecule has 4 nitrogen and oxygen atoms in total. The first-order chi connectivity index (χ1) is 9.17. The second-order valence-corrected chi connectivity index (χ2v) is 5.01. The summed E-state index contributed by atoms with van der Waals surface area (Å²) in [6, 6.07) is 11.1. The van der Waals surface area contributed by atoms with Gasteiger partial charge in [-0.1, -0.05) is 15.9 Å². The summed E-state index contributed by atoms with van der Waals surface area (Å²) in [7, 11) is 1.59. The van der Waals surface area contributed by atoms with E-state index in [-0.39, 0.29) is 0 Å². The van der Waals surface area contributed by atoms with Gasteiger partial charge in [0.2, 0.25) is 5.89 Å². The van der Waals surface area contributed by atoms with Gasteiger partial charge in [0.1, 0.15) is 11.3 Å². The molecule has 2 N–H and O–H groups in total. The second kappa shape index (κ2) is 4.59. The molecule has 1 heterocycles. The largest absolute Gasteiger partial charge is 0.496 e. The van der Waals surface area contributed by atoms with Gasteiger partial charge < -0.3 is 14.9 Å². The Morgan fingerprint density at radius 1 is 1.21 bits per heavy atom. The van der Waals surface area contributed by atoms with Gasteiger partial charge in [0.05, 0.1) is 12.7 Å². The molecule has 3 aromatic rings. The van der Waals surface area contributed by atoms with E-state index in [1.54, 1.807) is 19.2 Å². The van der Waals surface area contributed by atoms with Crippen LogP contribution in [0.1, 0.15) is 0 Å². The third-order valence-electron chi connectivity index (χ3n) is 2.81. The maximum atomic E-state index is 5.74.